The first-order chi connectivity index (χ1) is 15.4. The van der Waals surface area contributed by atoms with Crippen LogP contribution in [0, 0.1) is 5.92 Å². The van der Waals surface area contributed by atoms with Crippen LogP contribution in [0.5, 0.6) is 0 Å². The summed E-state index contributed by atoms with van der Waals surface area (Å²) in [6.45, 7) is 15.8. The van der Waals surface area contributed by atoms with Crippen LogP contribution in [0.1, 0.15) is 45.1 Å². The maximum atomic E-state index is 12.9. The molecule has 0 aliphatic carbocycles. The number of ether oxygens (including phenoxy) is 1. The van der Waals surface area contributed by atoms with Gasteiger partial charge in [0.05, 0.1) is 17.9 Å². The second kappa shape index (κ2) is 13.4. The second-order valence-electron chi connectivity index (χ2n) is 8.38. The SMILES string of the molecule is C=NCCCC(C)C=C(OC)C(=O)[N+](=C)Cc1ccc(S(=O)C2CCN(CC)CC2)cc1. The summed E-state index contributed by atoms with van der Waals surface area (Å²) in [5, 5.41) is 0.216. The highest BCUT2D eigenvalue weighted by atomic mass is 32.2. The molecule has 0 spiro atoms. The van der Waals surface area contributed by atoms with E-state index >= 15 is 0 Å². The summed E-state index contributed by atoms with van der Waals surface area (Å²) in [6, 6.07) is 7.69. The molecule has 1 amide bonds. The Labute approximate surface area is 195 Å². The van der Waals surface area contributed by atoms with Crippen molar-refractivity contribution in [1.82, 2.24) is 4.90 Å². The average Bonchev–Trinajstić information content (AvgIpc) is 2.82. The van der Waals surface area contributed by atoms with E-state index in [1.54, 1.807) is 0 Å². The Bertz CT molecular complexity index is 827. The van der Waals surface area contributed by atoms with Crippen molar-refractivity contribution in [3.8, 4) is 0 Å². The first-order valence-corrected chi connectivity index (χ1v) is 12.6. The first-order valence-electron chi connectivity index (χ1n) is 11.4. The van der Waals surface area contributed by atoms with E-state index in [0.717, 1.165) is 55.8 Å². The van der Waals surface area contributed by atoms with Crippen molar-refractivity contribution < 1.29 is 18.3 Å². The molecule has 0 saturated carbocycles. The van der Waals surface area contributed by atoms with Crippen LogP contribution in [0.25, 0.3) is 0 Å². The van der Waals surface area contributed by atoms with Gasteiger partial charge in [0.2, 0.25) is 5.76 Å². The normalized spacial score (nSPS) is 17.5. The Morgan fingerprint density at radius 1 is 1.34 bits per heavy atom. The molecule has 176 valence electrons. The minimum absolute atomic E-state index is 0.197. The number of carbonyl (C=O) groups is 1. The quantitative estimate of drug-likeness (QED) is 0.157. The number of aliphatic imine (C=N–C) groups is 1. The maximum Gasteiger partial charge on any atom is 0.453 e. The van der Waals surface area contributed by atoms with Crippen molar-refractivity contribution in [3.05, 3.63) is 41.7 Å². The molecule has 2 atom stereocenters. The standard InChI is InChI=1S/C25H38N3O3S/c1-6-28-16-13-23(14-17-28)32(30)22-11-9-21(10-12-22)19-27(4)25(29)24(31-5)18-20(2)8-7-15-26-3/h9-12,18,20,23H,3-4,6-8,13-17,19H2,1-2,5H3/q+1. The van der Waals surface area contributed by atoms with E-state index in [0.29, 0.717) is 18.8 Å². The van der Waals surface area contributed by atoms with Crippen molar-refractivity contribution in [3.63, 3.8) is 0 Å². The molecule has 1 aliphatic heterocycles. The van der Waals surface area contributed by atoms with Crippen LogP contribution >= 0.6 is 0 Å². The van der Waals surface area contributed by atoms with Gasteiger partial charge >= 0.3 is 5.91 Å². The van der Waals surface area contributed by atoms with Gasteiger partial charge in [-0.25, -0.2) is 4.79 Å². The van der Waals surface area contributed by atoms with Crippen molar-refractivity contribution in [2.75, 3.05) is 33.3 Å². The molecule has 32 heavy (non-hydrogen) atoms. The zero-order valence-electron chi connectivity index (χ0n) is 19.8. The van der Waals surface area contributed by atoms with Crippen molar-refractivity contribution in [2.45, 2.75) is 56.2 Å². The van der Waals surface area contributed by atoms with Gasteiger partial charge in [-0.1, -0.05) is 26.0 Å². The molecule has 1 saturated heterocycles. The number of nitrogens with zero attached hydrogens (tertiary/aromatic N) is 3. The number of rotatable bonds is 12. The third kappa shape index (κ3) is 7.78. The molecule has 1 heterocycles. The monoisotopic (exact) mass is 460 g/mol. The molecule has 1 aromatic carbocycles. The maximum absolute atomic E-state index is 12.9. The number of methoxy groups -OCH3 is 1. The molecule has 1 aromatic rings. The van der Waals surface area contributed by atoms with Gasteiger partial charge in [0.25, 0.3) is 0 Å². The van der Waals surface area contributed by atoms with E-state index in [-0.39, 0.29) is 17.1 Å². The number of likely N-dealkylation sites (tertiary alicyclic amines) is 1. The zero-order chi connectivity index (χ0) is 23.5. The predicted octanol–water partition coefficient (Wildman–Crippen LogP) is 3.67. The predicted molar refractivity (Wildman–Crippen MR) is 132 cm³/mol. The summed E-state index contributed by atoms with van der Waals surface area (Å²) in [4.78, 5) is 19.9. The molecule has 0 N–H and O–H groups in total. The molecule has 0 aromatic heterocycles. The molecule has 0 bridgehead atoms. The molecular weight excluding hydrogens is 422 g/mol. The van der Waals surface area contributed by atoms with E-state index in [4.69, 9.17) is 4.74 Å². The van der Waals surface area contributed by atoms with E-state index in [1.807, 2.05) is 37.3 Å². The van der Waals surface area contributed by atoms with Crippen LogP contribution in [0.15, 0.2) is 46.0 Å². The minimum Gasteiger partial charge on any atom is -0.488 e. The van der Waals surface area contributed by atoms with Gasteiger partial charge in [0, 0.05) is 22.3 Å². The van der Waals surface area contributed by atoms with Gasteiger partial charge < -0.3 is 14.6 Å². The zero-order valence-corrected chi connectivity index (χ0v) is 20.6. The first kappa shape index (κ1) is 26.1. The van der Waals surface area contributed by atoms with Crippen LogP contribution in [0.3, 0.4) is 0 Å². The van der Waals surface area contributed by atoms with Gasteiger partial charge in [-0.15, -0.1) is 0 Å². The Morgan fingerprint density at radius 3 is 2.56 bits per heavy atom. The number of benzene rings is 1. The smallest absolute Gasteiger partial charge is 0.453 e. The third-order valence-corrected chi connectivity index (χ3v) is 7.76. The highest BCUT2D eigenvalue weighted by Crippen LogP contribution is 2.22. The summed E-state index contributed by atoms with van der Waals surface area (Å²) < 4.78 is 19.7. The van der Waals surface area contributed by atoms with E-state index in [1.165, 1.54) is 11.7 Å². The van der Waals surface area contributed by atoms with Gasteiger partial charge in [-0.3, -0.25) is 4.21 Å². The summed E-state index contributed by atoms with van der Waals surface area (Å²) in [5.74, 6) is 0.245. The van der Waals surface area contributed by atoms with Gasteiger partial charge in [0.15, 0.2) is 6.54 Å². The van der Waals surface area contributed by atoms with Crippen molar-refractivity contribution in [2.24, 2.45) is 10.9 Å². The van der Waals surface area contributed by atoms with Crippen LogP contribution in [0.4, 0.5) is 0 Å². The largest absolute Gasteiger partial charge is 0.488 e. The lowest BCUT2D eigenvalue weighted by Crippen LogP contribution is -2.37. The number of hydrogen-bond acceptors (Lipinski definition) is 5. The summed E-state index contributed by atoms with van der Waals surface area (Å²) in [7, 11) is 0.506. The lowest BCUT2D eigenvalue weighted by molar-refractivity contribution is -0.454. The molecule has 2 unspecified atom stereocenters. The Hall–Kier alpha value is -2.12. The highest BCUT2D eigenvalue weighted by molar-refractivity contribution is 7.85. The summed E-state index contributed by atoms with van der Waals surface area (Å²) in [5.41, 5.74) is 0.940. The van der Waals surface area contributed by atoms with E-state index in [9.17, 15) is 9.00 Å². The Kier molecular flexibility index (Phi) is 11.0. The highest BCUT2D eigenvalue weighted by Gasteiger charge is 2.25. The lowest BCUT2D eigenvalue weighted by Gasteiger charge is -2.30. The molecule has 1 fully saturated rings. The van der Waals surface area contributed by atoms with Crippen molar-refractivity contribution >= 4 is 30.1 Å². The Balaban J connectivity index is 1.94. The van der Waals surface area contributed by atoms with Gasteiger partial charge in [-0.2, -0.15) is 4.58 Å². The molecule has 7 heteroatoms. The third-order valence-electron chi connectivity index (χ3n) is 5.94. The molecule has 1 aliphatic rings. The van der Waals surface area contributed by atoms with Crippen LogP contribution in [-0.2, 0) is 26.9 Å². The number of carbonyl (C=O) groups excluding carboxylic acids is 1. The fourth-order valence-corrected chi connectivity index (χ4v) is 5.33. The average molecular weight is 461 g/mol. The molecular formula is C25H38N3O3S+. The minimum atomic E-state index is -0.998. The van der Waals surface area contributed by atoms with Gasteiger partial charge in [-0.05, 0) is 76.2 Å². The fraction of sp³-hybridized carbons (Fsp3) is 0.560. The summed E-state index contributed by atoms with van der Waals surface area (Å²) in [6.07, 6.45) is 5.62. The van der Waals surface area contributed by atoms with Crippen LogP contribution in [-0.4, -0.2) is 71.6 Å². The second-order valence-corrected chi connectivity index (χ2v) is 10.1. The number of amides is 1. The molecule has 2 rings (SSSR count). The van der Waals surface area contributed by atoms with Gasteiger partial charge in [0.1, 0.15) is 6.72 Å². The summed E-state index contributed by atoms with van der Waals surface area (Å²) >= 11 is 0. The van der Waals surface area contributed by atoms with Crippen molar-refractivity contribution in [1.29, 1.82) is 0 Å². The Morgan fingerprint density at radius 2 is 2.00 bits per heavy atom. The number of piperidine rings is 1. The topological polar surface area (TPSA) is 62.0 Å². The molecule has 0 radical (unpaired) electrons. The van der Waals surface area contributed by atoms with E-state index < -0.39 is 10.8 Å². The number of allylic oxidation sites excluding steroid dienone is 1. The van der Waals surface area contributed by atoms with Crippen LogP contribution < -0.4 is 0 Å². The molecule has 6 nitrogen and oxygen atoms in total. The lowest BCUT2D eigenvalue weighted by atomic mass is 10.0. The number of hydrogen-bond donors (Lipinski definition) is 0. The fourth-order valence-electron chi connectivity index (χ4n) is 3.90. The van der Waals surface area contributed by atoms with Crippen LogP contribution in [0.2, 0.25) is 0 Å². The van der Waals surface area contributed by atoms with E-state index in [2.05, 4.69) is 30.3 Å².